The summed E-state index contributed by atoms with van der Waals surface area (Å²) in [6.45, 7) is 1.45. The molecule has 0 unspecified atom stereocenters. The molecule has 1 rings (SSSR count). The van der Waals surface area contributed by atoms with Gasteiger partial charge in [-0.25, -0.2) is 4.98 Å². The molecule has 1 aromatic heterocycles. The normalized spacial score (nSPS) is 15.5. The SMILES string of the molecule is C[C@H](O)[C@H](O)c1nc(Cl)ccc1Cl. The zero-order chi connectivity index (χ0) is 10.0. The molecule has 0 aliphatic carbocycles. The van der Waals surface area contributed by atoms with Crippen molar-refractivity contribution in [2.75, 3.05) is 0 Å². The molecule has 5 heteroatoms. The predicted molar refractivity (Wildman–Crippen MR) is 50.9 cm³/mol. The summed E-state index contributed by atoms with van der Waals surface area (Å²) >= 11 is 11.3. The number of halogens is 2. The van der Waals surface area contributed by atoms with E-state index in [1.165, 1.54) is 19.1 Å². The van der Waals surface area contributed by atoms with Gasteiger partial charge in [-0.3, -0.25) is 0 Å². The van der Waals surface area contributed by atoms with E-state index in [0.717, 1.165) is 0 Å². The van der Waals surface area contributed by atoms with Crippen LogP contribution >= 0.6 is 23.2 Å². The summed E-state index contributed by atoms with van der Waals surface area (Å²) in [6, 6.07) is 3.04. The lowest BCUT2D eigenvalue weighted by Crippen LogP contribution is -2.15. The summed E-state index contributed by atoms with van der Waals surface area (Å²) in [5.74, 6) is 0. The average molecular weight is 222 g/mol. The zero-order valence-corrected chi connectivity index (χ0v) is 8.42. The third-order valence-corrected chi connectivity index (χ3v) is 2.11. The van der Waals surface area contributed by atoms with E-state index in [1.54, 1.807) is 0 Å². The molecule has 0 bridgehead atoms. The number of rotatable bonds is 2. The highest BCUT2D eigenvalue weighted by Gasteiger charge is 2.18. The summed E-state index contributed by atoms with van der Waals surface area (Å²) in [4.78, 5) is 3.82. The number of nitrogens with zero attached hydrogens (tertiary/aromatic N) is 1. The van der Waals surface area contributed by atoms with E-state index in [4.69, 9.17) is 28.3 Å². The second-order valence-corrected chi connectivity index (χ2v) is 3.48. The van der Waals surface area contributed by atoms with E-state index in [-0.39, 0.29) is 15.9 Å². The number of hydrogen-bond acceptors (Lipinski definition) is 3. The van der Waals surface area contributed by atoms with Gasteiger partial charge < -0.3 is 10.2 Å². The Balaban J connectivity index is 3.05. The Bertz CT molecular complexity index is 304. The van der Waals surface area contributed by atoms with E-state index in [1.807, 2.05) is 0 Å². The summed E-state index contributed by atoms with van der Waals surface area (Å²) in [5, 5.41) is 19.1. The third-order valence-electron chi connectivity index (χ3n) is 1.58. The quantitative estimate of drug-likeness (QED) is 0.750. The van der Waals surface area contributed by atoms with Crippen molar-refractivity contribution in [2.24, 2.45) is 0 Å². The van der Waals surface area contributed by atoms with E-state index in [9.17, 15) is 5.11 Å². The van der Waals surface area contributed by atoms with Crippen LogP contribution in [-0.4, -0.2) is 21.3 Å². The number of hydrogen-bond donors (Lipinski definition) is 2. The van der Waals surface area contributed by atoms with E-state index < -0.39 is 12.2 Å². The minimum Gasteiger partial charge on any atom is -0.390 e. The van der Waals surface area contributed by atoms with E-state index in [2.05, 4.69) is 4.98 Å². The van der Waals surface area contributed by atoms with Crippen LogP contribution < -0.4 is 0 Å². The Morgan fingerprint density at radius 3 is 2.46 bits per heavy atom. The molecule has 2 N–H and O–H groups in total. The molecule has 2 atom stereocenters. The fraction of sp³-hybridized carbons (Fsp3) is 0.375. The molecular weight excluding hydrogens is 213 g/mol. The molecule has 0 saturated carbocycles. The van der Waals surface area contributed by atoms with Crippen molar-refractivity contribution in [1.29, 1.82) is 0 Å². The largest absolute Gasteiger partial charge is 0.390 e. The van der Waals surface area contributed by atoms with Crippen LogP contribution in [0.4, 0.5) is 0 Å². The van der Waals surface area contributed by atoms with Crippen LogP contribution in [0.5, 0.6) is 0 Å². The molecule has 0 aromatic carbocycles. The summed E-state index contributed by atoms with van der Waals surface area (Å²) in [7, 11) is 0. The van der Waals surface area contributed by atoms with Gasteiger partial charge in [-0.15, -0.1) is 0 Å². The van der Waals surface area contributed by atoms with Crippen molar-refractivity contribution in [2.45, 2.75) is 19.1 Å². The molecule has 0 saturated heterocycles. The van der Waals surface area contributed by atoms with Crippen LogP contribution in [0.3, 0.4) is 0 Å². The molecule has 3 nitrogen and oxygen atoms in total. The van der Waals surface area contributed by atoms with Crippen LogP contribution in [0.1, 0.15) is 18.7 Å². The molecule has 0 radical (unpaired) electrons. The van der Waals surface area contributed by atoms with Crippen molar-refractivity contribution in [3.8, 4) is 0 Å². The highest BCUT2D eigenvalue weighted by molar-refractivity contribution is 6.32. The Hall–Kier alpha value is -0.350. The van der Waals surface area contributed by atoms with Gasteiger partial charge in [-0.1, -0.05) is 23.2 Å². The minimum absolute atomic E-state index is 0.198. The molecule has 0 fully saturated rings. The summed E-state index contributed by atoms with van der Waals surface area (Å²) in [5.41, 5.74) is 0.198. The smallest absolute Gasteiger partial charge is 0.129 e. The Labute approximate surface area is 85.9 Å². The summed E-state index contributed by atoms with van der Waals surface area (Å²) < 4.78 is 0. The van der Waals surface area contributed by atoms with Crippen molar-refractivity contribution in [1.82, 2.24) is 4.98 Å². The highest BCUT2D eigenvalue weighted by atomic mass is 35.5. The number of aliphatic hydroxyl groups is 2. The van der Waals surface area contributed by atoms with Crippen molar-refractivity contribution < 1.29 is 10.2 Å². The molecule has 13 heavy (non-hydrogen) atoms. The molecule has 0 spiro atoms. The Morgan fingerprint density at radius 2 is 1.92 bits per heavy atom. The predicted octanol–water partition coefficient (Wildman–Crippen LogP) is 1.80. The molecule has 0 aliphatic heterocycles. The number of pyridine rings is 1. The van der Waals surface area contributed by atoms with Gasteiger partial charge in [0.25, 0.3) is 0 Å². The van der Waals surface area contributed by atoms with Gasteiger partial charge in [-0.05, 0) is 19.1 Å². The van der Waals surface area contributed by atoms with Crippen LogP contribution in [0.15, 0.2) is 12.1 Å². The van der Waals surface area contributed by atoms with Crippen molar-refractivity contribution >= 4 is 23.2 Å². The molecule has 1 aromatic rings. The van der Waals surface area contributed by atoms with Crippen LogP contribution in [0.2, 0.25) is 10.2 Å². The molecule has 0 amide bonds. The molecule has 0 aliphatic rings. The lowest BCUT2D eigenvalue weighted by Gasteiger charge is -2.14. The van der Waals surface area contributed by atoms with Crippen molar-refractivity contribution in [3.63, 3.8) is 0 Å². The van der Waals surface area contributed by atoms with Gasteiger partial charge in [0.15, 0.2) is 0 Å². The molecule has 72 valence electrons. The summed E-state index contributed by atoms with van der Waals surface area (Å²) in [6.07, 6.45) is -2.03. The molecular formula is C8H9Cl2NO2. The maximum absolute atomic E-state index is 9.45. The number of aromatic nitrogens is 1. The first kappa shape index (κ1) is 10.7. The second-order valence-electron chi connectivity index (χ2n) is 2.69. The molecule has 1 heterocycles. The minimum atomic E-state index is -1.11. The topological polar surface area (TPSA) is 53.4 Å². The zero-order valence-electron chi connectivity index (χ0n) is 6.91. The van der Waals surface area contributed by atoms with E-state index >= 15 is 0 Å². The van der Waals surface area contributed by atoms with Gasteiger partial charge in [0, 0.05) is 0 Å². The second kappa shape index (κ2) is 4.24. The van der Waals surface area contributed by atoms with Gasteiger partial charge >= 0.3 is 0 Å². The van der Waals surface area contributed by atoms with E-state index in [0.29, 0.717) is 0 Å². The van der Waals surface area contributed by atoms with Gasteiger partial charge in [0.1, 0.15) is 11.3 Å². The number of aliphatic hydroxyl groups excluding tert-OH is 2. The fourth-order valence-electron chi connectivity index (χ4n) is 0.869. The average Bonchev–Trinajstić information content (AvgIpc) is 2.08. The first-order chi connectivity index (χ1) is 6.02. The lowest BCUT2D eigenvalue weighted by atomic mass is 10.1. The van der Waals surface area contributed by atoms with Crippen LogP contribution in [0, 0.1) is 0 Å². The maximum Gasteiger partial charge on any atom is 0.129 e. The highest BCUT2D eigenvalue weighted by Crippen LogP contribution is 2.24. The third kappa shape index (κ3) is 2.54. The standard InChI is InChI=1S/C8H9Cl2NO2/c1-4(12)8(13)7-5(9)2-3-6(10)11-7/h2-4,8,12-13H,1H3/t4-,8-/m0/s1. The fourth-order valence-corrected chi connectivity index (χ4v) is 1.24. The van der Waals surface area contributed by atoms with Crippen LogP contribution in [-0.2, 0) is 0 Å². The van der Waals surface area contributed by atoms with Gasteiger partial charge in [0.05, 0.1) is 16.8 Å². The Morgan fingerprint density at radius 1 is 1.31 bits per heavy atom. The maximum atomic E-state index is 9.45. The van der Waals surface area contributed by atoms with Crippen LogP contribution in [0.25, 0.3) is 0 Å². The first-order valence-corrected chi connectivity index (χ1v) is 4.46. The van der Waals surface area contributed by atoms with Gasteiger partial charge in [-0.2, -0.15) is 0 Å². The lowest BCUT2D eigenvalue weighted by molar-refractivity contribution is 0.0279. The first-order valence-electron chi connectivity index (χ1n) is 3.70. The Kier molecular flexibility index (Phi) is 3.50. The van der Waals surface area contributed by atoms with Gasteiger partial charge in [0.2, 0.25) is 0 Å². The monoisotopic (exact) mass is 221 g/mol. The van der Waals surface area contributed by atoms with Crippen molar-refractivity contribution in [3.05, 3.63) is 28.0 Å².